The van der Waals surface area contributed by atoms with E-state index in [1.807, 2.05) is 48.5 Å². The van der Waals surface area contributed by atoms with E-state index in [0.29, 0.717) is 12.4 Å². The molecule has 0 unspecified atom stereocenters. The number of ether oxygens (including phenoxy) is 2. The number of benzene rings is 3. The second kappa shape index (κ2) is 8.01. The lowest BCUT2D eigenvalue weighted by molar-refractivity contribution is 0.400. The monoisotopic (exact) mass is 370 g/mol. The Morgan fingerprint density at radius 1 is 0.786 bits per heavy atom. The third kappa shape index (κ3) is 3.62. The molecule has 0 aliphatic carbocycles. The fourth-order valence-electron chi connectivity index (χ4n) is 3.27. The molecule has 3 aromatic carbocycles. The zero-order valence-corrected chi connectivity index (χ0v) is 16.0. The lowest BCUT2D eigenvalue weighted by Gasteiger charge is -2.26. The minimum atomic E-state index is 0.607. The van der Waals surface area contributed by atoms with Crippen molar-refractivity contribution in [3.05, 3.63) is 90.5 Å². The Labute approximate surface area is 165 Å². The highest BCUT2D eigenvalue weighted by atomic mass is 16.5. The summed E-state index contributed by atoms with van der Waals surface area (Å²) in [5, 5.41) is 1.08. The first-order chi connectivity index (χ1) is 13.8. The number of hydrogen-bond acceptors (Lipinski definition) is 4. The fourth-order valence-corrected chi connectivity index (χ4v) is 3.27. The average Bonchev–Trinajstić information content (AvgIpc) is 2.77. The number of pyridine rings is 1. The van der Waals surface area contributed by atoms with Crippen molar-refractivity contribution in [2.75, 3.05) is 19.1 Å². The van der Waals surface area contributed by atoms with Gasteiger partial charge in [0.2, 0.25) is 5.88 Å². The minimum Gasteiger partial charge on any atom is -0.497 e. The van der Waals surface area contributed by atoms with Gasteiger partial charge in [-0.25, -0.2) is 4.98 Å². The summed E-state index contributed by atoms with van der Waals surface area (Å²) in [6, 6.07) is 28.6. The maximum Gasteiger partial charge on any atom is 0.238 e. The molecule has 4 rings (SSSR count). The van der Waals surface area contributed by atoms with Gasteiger partial charge in [0.05, 0.1) is 19.7 Å². The summed E-state index contributed by atoms with van der Waals surface area (Å²) in [5.74, 6) is 1.45. The van der Waals surface area contributed by atoms with Crippen molar-refractivity contribution in [1.82, 2.24) is 4.98 Å². The molecule has 0 fully saturated rings. The highest BCUT2D eigenvalue weighted by molar-refractivity contribution is 5.85. The van der Waals surface area contributed by atoms with Crippen molar-refractivity contribution >= 4 is 22.3 Å². The summed E-state index contributed by atoms with van der Waals surface area (Å²) < 4.78 is 10.9. The van der Waals surface area contributed by atoms with Crippen molar-refractivity contribution in [3.63, 3.8) is 0 Å². The molecule has 1 heterocycles. The SMILES string of the molecule is COc1ccc(CN(c2ccccc2)c2cc3ccccc3nc2OC)cc1. The molecule has 0 bridgehead atoms. The first-order valence-electron chi connectivity index (χ1n) is 9.18. The normalized spacial score (nSPS) is 10.6. The quantitative estimate of drug-likeness (QED) is 0.443. The van der Waals surface area contributed by atoms with Crippen LogP contribution in [0.4, 0.5) is 11.4 Å². The smallest absolute Gasteiger partial charge is 0.238 e. The van der Waals surface area contributed by atoms with Crippen LogP contribution in [0.25, 0.3) is 10.9 Å². The maximum atomic E-state index is 5.66. The van der Waals surface area contributed by atoms with Crippen LogP contribution in [0.15, 0.2) is 84.9 Å². The second-order valence-electron chi connectivity index (χ2n) is 6.48. The van der Waals surface area contributed by atoms with Crippen LogP contribution in [-0.2, 0) is 6.54 Å². The van der Waals surface area contributed by atoms with Gasteiger partial charge in [-0.1, -0.05) is 48.5 Å². The van der Waals surface area contributed by atoms with Gasteiger partial charge in [-0.3, -0.25) is 0 Å². The third-order valence-corrected chi connectivity index (χ3v) is 4.72. The van der Waals surface area contributed by atoms with Crippen LogP contribution in [0.1, 0.15) is 5.56 Å². The molecule has 0 N–H and O–H groups in total. The van der Waals surface area contributed by atoms with Gasteiger partial charge in [0, 0.05) is 17.6 Å². The van der Waals surface area contributed by atoms with Crippen LogP contribution in [-0.4, -0.2) is 19.2 Å². The number of anilines is 2. The predicted molar refractivity (Wildman–Crippen MR) is 114 cm³/mol. The standard InChI is InChI=1S/C24H22N2O2/c1-27-21-14-12-18(13-15-21)17-26(20-9-4-3-5-10-20)23-16-19-8-6-7-11-22(19)25-24(23)28-2/h3-16H,17H2,1-2H3. The highest BCUT2D eigenvalue weighted by Crippen LogP contribution is 2.36. The molecule has 0 amide bonds. The average molecular weight is 370 g/mol. The molecular formula is C24H22N2O2. The van der Waals surface area contributed by atoms with Crippen molar-refractivity contribution in [2.24, 2.45) is 0 Å². The van der Waals surface area contributed by atoms with E-state index in [1.165, 1.54) is 5.56 Å². The summed E-state index contributed by atoms with van der Waals surface area (Å²) in [6.45, 7) is 0.685. The molecule has 4 nitrogen and oxygen atoms in total. The predicted octanol–water partition coefficient (Wildman–Crippen LogP) is 5.59. The lowest BCUT2D eigenvalue weighted by Crippen LogP contribution is -2.17. The van der Waals surface area contributed by atoms with E-state index in [-0.39, 0.29) is 0 Å². The van der Waals surface area contributed by atoms with Gasteiger partial charge >= 0.3 is 0 Å². The number of methoxy groups -OCH3 is 2. The Balaban J connectivity index is 1.82. The number of aromatic nitrogens is 1. The van der Waals surface area contributed by atoms with E-state index in [2.05, 4.69) is 41.3 Å². The topological polar surface area (TPSA) is 34.6 Å². The number of para-hydroxylation sites is 2. The minimum absolute atomic E-state index is 0.607. The molecule has 0 aliphatic rings. The molecule has 0 saturated carbocycles. The number of fused-ring (bicyclic) bond motifs is 1. The van der Waals surface area contributed by atoms with Crippen LogP contribution < -0.4 is 14.4 Å². The third-order valence-electron chi connectivity index (χ3n) is 4.72. The Bertz CT molecular complexity index is 1060. The molecule has 1 aromatic heterocycles. The van der Waals surface area contributed by atoms with Gasteiger partial charge in [0.25, 0.3) is 0 Å². The Morgan fingerprint density at radius 3 is 2.21 bits per heavy atom. The number of nitrogens with zero attached hydrogens (tertiary/aromatic N) is 2. The summed E-state index contributed by atoms with van der Waals surface area (Å²) in [7, 11) is 3.34. The molecule has 0 aliphatic heterocycles. The van der Waals surface area contributed by atoms with Crippen molar-refractivity contribution < 1.29 is 9.47 Å². The molecular weight excluding hydrogens is 348 g/mol. The van der Waals surface area contributed by atoms with Gasteiger partial charge in [0.1, 0.15) is 11.4 Å². The molecule has 0 saturated heterocycles. The van der Waals surface area contributed by atoms with Gasteiger partial charge in [0.15, 0.2) is 0 Å². The Hall–Kier alpha value is -3.53. The van der Waals surface area contributed by atoms with Crippen LogP contribution in [0.5, 0.6) is 11.6 Å². The number of rotatable bonds is 6. The van der Waals surface area contributed by atoms with Crippen molar-refractivity contribution in [3.8, 4) is 11.6 Å². The number of hydrogen-bond donors (Lipinski definition) is 0. The molecule has 4 heteroatoms. The van der Waals surface area contributed by atoms with Gasteiger partial charge < -0.3 is 14.4 Å². The van der Waals surface area contributed by atoms with Crippen LogP contribution in [0.2, 0.25) is 0 Å². The second-order valence-corrected chi connectivity index (χ2v) is 6.48. The molecule has 0 atom stereocenters. The van der Waals surface area contributed by atoms with Crippen molar-refractivity contribution in [1.29, 1.82) is 0 Å². The van der Waals surface area contributed by atoms with Crippen LogP contribution >= 0.6 is 0 Å². The van der Waals surface area contributed by atoms with Crippen LogP contribution in [0, 0.1) is 0 Å². The Kier molecular flexibility index (Phi) is 5.11. The van der Waals surface area contributed by atoms with E-state index in [4.69, 9.17) is 14.5 Å². The van der Waals surface area contributed by atoms with E-state index in [1.54, 1.807) is 14.2 Å². The highest BCUT2D eigenvalue weighted by Gasteiger charge is 2.17. The summed E-state index contributed by atoms with van der Waals surface area (Å²) in [5.41, 5.74) is 4.09. The molecule has 140 valence electrons. The van der Waals surface area contributed by atoms with E-state index in [9.17, 15) is 0 Å². The molecule has 4 aromatic rings. The van der Waals surface area contributed by atoms with Gasteiger partial charge in [-0.15, -0.1) is 0 Å². The van der Waals surface area contributed by atoms with Crippen molar-refractivity contribution in [2.45, 2.75) is 6.54 Å². The fraction of sp³-hybridized carbons (Fsp3) is 0.125. The van der Waals surface area contributed by atoms with E-state index >= 15 is 0 Å². The maximum absolute atomic E-state index is 5.66. The molecule has 0 radical (unpaired) electrons. The van der Waals surface area contributed by atoms with E-state index in [0.717, 1.165) is 28.0 Å². The molecule has 28 heavy (non-hydrogen) atoms. The largest absolute Gasteiger partial charge is 0.497 e. The van der Waals surface area contributed by atoms with Gasteiger partial charge in [-0.2, -0.15) is 0 Å². The van der Waals surface area contributed by atoms with Crippen LogP contribution in [0.3, 0.4) is 0 Å². The first kappa shape index (κ1) is 17.9. The lowest BCUT2D eigenvalue weighted by atomic mass is 10.1. The first-order valence-corrected chi connectivity index (χ1v) is 9.18. The zero-order chi connectivity index (χ0) is 19.3. The van der Waals surface area contributed by atoms with E-state index < -0.39 is 0 Å². The Morgan fingerprint density at radius 2 is 1.50 bits per heavy atom. The summed E-state index contributed by atoms with van der Waals surface area (Å²) in [4.78, 5) is 6.95. The summed E-state index contributed by atoms with van der Waals surface area (Å²) in [6.07, 6.45) is 0. The van der Waals surface area contributed by atoms with Gasteiger partial charge in [-0.05, 0) is 42.0 Å². The molecule has 0 spiro atoms. The zero-order valence-electron chi connectivity index (χ0n) is 16.0. The summed E-state index contributed by atoms with van der Waals surface area (Å²) >= 11 is 0.